The topological polar surface area (TPSA) is 99.1 Å². The van der Waals surface area contributed by atoms with Crippen molar-refractivity contribution in [2.75, 3.05) is 0 Å². The molecule has 3 rings (SSSR count). The number of fused-ring (bicyclic) bond motifs is 3. The standard InChI is InChI=1S/C9H7N3O3S/c13-4-1-5-3(2-10-16-5)7-6(4)8(9(14)15)12-11-7/h2,4,13H,1H2,(H,11,12)(H,14,15). The summed E-state index contributed by atoms with van der Waals surface area (Å²) in [7, 11) is 0. The lowest BCUT2D eigenvalue weighted by Crippen LogP contribution is -2.12. The number of aromatic nitrogens is 3. The van der Waals surface area contributed by atoms with Crippen molar-refractivity contribution in [1.82, 2.24) is 14.6 Å². The molecule has 0 fully saturated rings. The van der Waals surface area contributed by atoms with Gasteiger partial charge in [-0.2, -0.15) is 5.10 Å². The van der Waals surface area contributed by atoms with Gasteiger partial charge in [-0.15, -0.1) is 0 Å². The van der Waals surface area contributed by atoms with E-state index in [0.717, 1.165) is 10.4 Å². The van der Waals surface area contributed by atoms with Gasteiger partial charge in [-0.3, -0.25) is 5.10 Å². The maximum Gasteiger partial charge on any atom is 0.354 e. The molecule has 1 atom stereocenters. The first-order valence-corrected chi connectivity index (χ1v) is 5.39. The number of rotatable bonds is 1. The lowest BCUT2D eigenvalue weighted by atomic mass is 9.93. The molecule has 82 valence electrons. The van der Waals surface area contributed by atoms with Crippen LogP contribution in [0.1, 0.15) is 27.0 Å². The Labute approximate surface area is 93.7 Å². The summed E-state index contributed by atoms with van der Waals surface area (Å²) < 4.78 is 4.02. The maximum absolute atomic E-state index is 10.9. The number of hydrogen-bond donors (Lipinski definition) is 3. The predicted molar refractivity (Wildman–Crippen MR) is 55.3 cm³/mol. The van der Waals surface area contributed by atoms with Gasteiger partial charge in [0, 0.05) is 22.4 Å². The Hall–Kier alpha value is -1.73. The van der Waals surface area contributed by atoms with Gasteiger partial charge in [-0.05, 0) is 11.5 Å². The second-order valence-electron chi connectivity index (χ2n) is 3.55. The minimum Gasteiger partial charge on any atom is -0.477 e. The molecule has 1 unspecified atom stereocenters. The molecule has 1 aliphatic carbocycles. The number of aromatic carboxylic acids is 1. The molecule has 0 bridgehead atoms. The Morgan fingerprint density at radius 1 is 1.62 bits per heavy atom. The van der Waals surface area contributed by atoms with E-state index in [0.29, 0.717) is 17.7 Å². The molecule has 6 nitrogen and oxygen atoms in total. The summed E-state index contributed by atoms with van der Waals surface area (Å²) in [6.07, 6.45) is 1.22. The zero-order valence-electron chi connectivity index (χ0n) is 7.97. The second-order valence-corrected chi connectivity index (χ2v) is 4.43. The SMILES string of the molecule is O=C(O)c1[nH]nc2c1C(O)Cc1sncc1-2. The van der Waals surface area contributed by atoms with Crippen molar-refractivity contribution >= 4 is 17.5 Å². The zero-order chi connectivity index (χ0) is 11.3. The van der Waals surface area contributed by atoms with E-state index in [4.69, 9.17) is 5.11 Å². The minimum absolute atomic E-state index is 0.0423. The van der Waals surface area contributed by atoms with Crippen molar-refractivity contribution in [1.29, 1.82) is 0 Å². The first kappa shape index (κ1) is 9.49. The molecule has 2 heterocycles. The average Bonchev–Trinajstić information content (AvgIpc) is 2.80. The average molecular weight is 237 g/mol. The summed E-state index contributed by atoms with van der Waals surface area (Å²) >= 11 is 1.30. The van der Waals surface area contributed by atoms with Crippen LogP contribution < -0.4 is 0 Å². The molecule has 2 aromatic rings. The van der Waals surface area contributed by atoms with Gasteiger partial charge in [0.2, 0.25) is 0 Å². The molecular weight excluding hydrogens is 230 g/mol. The number of nitrogens with zero attached hydrogens (tertiary/aromatic N) is 2. The van der Waals surface area contributed by atoms with Gasteiger partial charge in [-0.1, -0.05) is 0 Å². The Kier molecular flexibility index (Phi) is 1.86. The van der Waals surface area contributed by atoms with Gasteiger partial charge in [0.25, 0.3) is 0 Å². The fourth-order valence-electron chi connectivity index (χ4n) is 1.93. The molecule has 0 radical (unpaired) electrons. The zero-order valence-corrected chi connectivity index (χ0v) is 8.78. The van der Waals surface area contributed by atoms with Gasteiger partial charge in [0.1, 0.15) is 11.4 Å². The first-order valence-electron chi connectivity index (χ1n) is 4.62. The largest absolute Gasteiger partial charge is 0.477 e. The Morgan fingerprint density at radius 2 is 2.44 bits per heavy atom. The van der Waals surface area contributed by atoms with Crippen LogP contribution in [0, 0.1) is 0 Å². The Morgan fingerprint density at radius 3 is 3.19 bits per heavy atom. The van der Waals surface area contributed by atoms with Crippen LogP contribution in [0.2, 0.25) is 0 Å². The predicted octanol–water partition coefficient (Wildman–Crippen LogP) is 0.821. The van der Waals surface area contributed by atoms with Crippen LogP contribution in [0.5, 0.6) is 0 Å². The van der Waals surface area contributed by atoms with E-state index in [9.17, 15) is 9.90 Å². The quantitative estimate of drug-likeness (QED) is 0.682. The minimum atomic E-state index is -1.11. The molecule has 2 aromatic heterocycles. The number of aliphatic hydroxyl groups is 1. The third kappa shape index (κ3) is 1.12. The van der Waals surface area contributed by atoms with E-state index in [1.165, 1.54) is 11.5 Å². The van der Waals surface area contributed by atoms with E-state index < -0.39 is 12.1 Å². The molecule has 0 saturated heterocycles. The Balaban J connectivity index is 2.27. The monoisotopic (exact) mass is 237 g/mol. The highest BCUT2D eigenvalue weighted by Gasteiger charge is 2.32. The normalized spacial score (nSPS) is 17.9. The molecule has 16 heavy (non-hydrogen) atoms. The maximum atomic E-state index is 10.9. The second kappa shape index (κ2) is 3.13. The molecule has 3 N–H and O–H groups in total. The van der Waals surface area contributed by atoms with Crippen LogP contribution in [0.3, 0.4) is 0 Å². The summed E-state index contributed by atoms with van der Waals surface area (Å²) in [4.78, 5) is 11.9. The van der Waals surface area contributed by atoms with E-state index in [1.807, 2.05) is 0 Å². The highest BCUT2D eigenvalue weighted by molar-refractivity contribution is 7.06. The van der Waals surface area contributed by atoms with Crippen LogP contribution in [-0.2, 0) is 6.42 Å². The highest BCUT2D eigenvalue weighted by atomic mass is 32.1. The number of carbonyl (C=O) groups is 1. The van der Waals surface area contributed by atoms with E-state index in [2.05, 4.69) is 14.6 Å². The van der Waals surface area contributed by atoms with Crippen LogP contribution >= 0.6 is 11.5 Å². The number of nitrogens with one attached hydrogen (secondary N) is 1. The highest BCUT2D eigenvalue weighted by Crippen LogP contribution is 2.40. The summed E-state index contributed by atoms with van der Waals surface area (Å²) in [6.45, 7) is 0. The van der Waals surface area contributed by atoms with E-state index in [1.54, 1.807) is 6.20 Å². The molecule has 0 aliphatic heterocycles. The van der Waals surface area contributed by atoms with Crippen molar-refractivity contribution in [3.8, 4) is 11.3 Å². The number of carboxylic acid groups (broad SMARTS) is 1. The number of H-pyrrole nitrogens is 1. The molecule has 0 amide bonds. The summed E-state index contributed by atoms with van der Waals surface area (Å²) in [5.74, 6) is -1.11. The summed E-state index contributed by atoms with van der Waals surface area (Å²) in [6, 6.07) is 0. The fraction of sp³-hybridized carbons (Fsp3) is 0.222. The van der Waals surface area contributed by atoms with Crippen LogP contribution in [-0.4, -0.2) is 30.8 Å². The van der Waals surface area contributed by atoms with Gasteiger partial charge >= 0.3 is 5.97 Å². The van der Waals surface area contributed by atoms with Gasteiger partial charge in [0.05, 0.1) is 12.3 Å². The van der Waals surface area contributed by atoms with Crippen molar-refractivity contribution in [3.63, 3.8) is 0 Å². The molecule has 0 spiro atoms. The third-order valence-corrected chi connectivity index (χ3v) is 3.45. The van der Waals surface area contributed by atoms with Crippen molar-refractivity contribution < 1.29 is 15.0 Å². The molecular formula is C9H7N3O3S. The number of aromatic amines is 1. The summed E-state index contributed by atoms with van der Waals surface area (Å²) in [5, 5.41) is 25.2. The number of hydrogen-bond acceptors (Lipinski definition) is 5. The van der Waals surface area contributed by atoms with Crippen LogP contribution in [0.25, 0.3) is 11.3 Å². The number of aliphatic hydroxyl groups excluding tert-OH is 1. The molecule has 7 heteroatoms. The van der Waals surface area contributed by atoms with Gasteiger partial charge in [0.15, 0.2) is 0 Å². The van der Waals surface area contributed by atoms with Crippen LogP contribution in [0.15, 0.2) is 6.20 Å². The third-order valence-electron chi connectivity index (χ3n) is 2.63. The molecule has 0 saturated carbocycles. The Bertz CT molecular complexity index is 574. The van der Waals surface area contributed by atoms with Gasteiger partial charge < -0.3 is 10.2 Å². The molecule has 0 aromatic carbocycles. The van der Waals surface area contributed by atoms with Crippen molar-refractivity contribution in [3.05, 3.63) is 22.3 Å². The van der Waals surface area contributed by atoms with E-state index in [-0.39, 0.29) is 5.69 Å². The van der Waals surface area contributed by atoms with Gasteiger partial charge in [-0.25, -0.2) is 9.17 Å². The fourth-order valence-corrected chi connectivity index (χ4v) is 2.69. The lowest BCUT2D eigenvalue weighted by molar-refractivity contribution is 0.0682. The van der Waals surface area contributed by atoms with Crippen molar-refractivity contribution in [2.24, 2.45) is 0 Å². The molecule has 1 aliphatic rings. The van der Waals surface area contributed by atoms with E-state index >= 15 is 0 Å². The van der Waals surface area contributed by atoms with Crippen molar-refractivity contribution in [2.45, 2.75) is 12.5 Å². The smallest absolute Gasteiger partial charge is 0.354 e. The van der Waals surface area contributed by atoms with Crippen LogP contribution in [0.4, 0.5) is 0 Å². The lowest BCUT2D eigenvalue weighted by Gasteiger charge is -2.16. The summed E-state index contributed by atoms with van der Waals surface area (Å²) in [5.41, 5.74) is 1.63. The number of carboxylic acids is 1. The first-order chi connectivity index (χ1) is 7.68.